The number of hydrogen-bond acceptors (Lipinski definition) is 4. The molecule has 0 bridgehead atoms. The van der Waals surface area contributed by atoms with Gasteiger partial charge in [0.05, 0.1) is 4.92 Å². The molecule has 1 amide bonds. The van der Waals surface area contributed by atoms with Crippen molar-refractivity contribution in [3.05, 3.63) is 50.4 Å². The Bertz CT molecular complexity index is 511. The van der Waals surface area contributed by atoms with E-state index in [1.807, 2.05) is 0 Å². The minimum Gasteiger partial charge on any atom is -0.352 e. The van der Waals surface area contributed by atoms with E-state index in [1.165, 1.54) is 18.2 Å². The van der Waals surface area contributed by atoms with Crippen LogP contribution in [-0.4, -0.2) is 23.9 Å². The predicted molar refractivity (Wildman–Crippen MR) is 68.7 cm³/mol. The van der Waals surface area contributed by atoms with Crippen molar-refractivity contribution >= 4 is 11.6 Å². The van der Waals surface area contributed by atoms with Crippen LogP contribution in [0, 0.1) is 10.1 Å². The number of carbonyl (C=O) groups excluding carboxylic acids is 1. The number of benzene rings is 1. The average Bonchev–Trinajstić information content (AvgIpc) is 2.42. The number of para-hydroxylation sites is 1. The molecule has 0 saturated heterocycles. The summed E-state index contributed by atoms with van der Waals surface area (Å²) >= 11 is 0. The number of amides is 1. The summed E-state index contributed by atoms with van der Waals surface area (Å²) in [5.41, 5.74) is 7.90. The third kappa shape index (κ3) is 4.64. The lowest BCUT2D eigenvalue weighted by Gasteiger charge is -2.04. The molecule has 1 aromatic carbocycles. The summed E-state index contributed by atoms with van der Waals surface area (Å²) in [6.45, 7) is 0.754. The molecule has 0 aliphatic heterocycles. The van der Waals surface area contributed by atoms with Gasteiger partial charge in [0.1, 0.15) is 5.56 Å². The van der Waals surface area contributed by atoms with Crippen LogP contribution in [0.15, 0.2) is 29.4 Å². The first-order valence-electron chi connectivity index (χ1n) is 5.69. The zero-order chi connectivity index (χ0) is 14.1. The fourth-order valence-corrected chi connectivity index (χ4v) is 1.47. The third-order valence-corrected chi connectivity index (χ3v) is 2.38. The highest BCUT2D eigenvalue weighted by molar-refractivity contribution is 5.98. The molecule has 0 unspecified atom stereocenters. The van der Waals surface area contributed by atoms with Gasteiger partial charge in [-0.25, -0.2) is 0 Å². The van der Waals surface area contributed by atoms with Crippen LogP contribution in [-0.2, 0) is 0 Å². The molecule has 1 rings (SSSR count). The summed E-state index contributed by atoms with van der Waals surface area (Å²) in [4.78, 5) is 24.5. The Morgan fingerprint density at radius 2 is 2.16 bits per heavy atom. The quantitative estimate of drug-likeness (QED) is 0.203. The number of nitrogens with zero attached hydrogens (tertiary/aromatic N) is 4. The van der Waals surface area contributed by atoms with Crippen molar-refractivity contribution in [3.63, 3.8) is 0 Å². The van der Waals surface area contributed by atoms with E-state index in [9.17, 15) is 14.9 Å². The molecule has 8 nitrogen and oxygen atoms in total. The summed E-state index contributed by atoms with van der Waals surface area (Å²) in [5, 5.41) is 16.7. The van der Waals surface area contributed by atoms with Crippen LogP contribution in [0.2, 0.25) is 0 Å². The monoisotopic (exact) mass is 263 g/mol. The first-order chi connectivity index (χ1) is 9.16. The molecule has 0 saturated carbocycles. The summed E-state index contributed by atoms with van der Waals surface area (Å²) < 4.78 is 0. The van der Waals surface area contributed by atoms with Gasteiger partial charge in [-0.1, -0.05) is 17.2 Å². The van der Waals surface area contributed by atoms with Crippen molar-refractivity contribution in [1.29, 1.82) is 0 Å². The van der Waals surface area contributed by atoms with Gasteiger partial charge >= 0.3 is 0 Å². The van der Waals surface area contributed by atoms with Gasteiger partial charge in [0.15, 0.2) is 0 Å². The van der Waals surface area contributed by atoms with Gasteiger partial charge in [0.2, 0.25) is 0 Å². The van der Waals surface area contributed by atoms with Crippen molar-refractivity contribution in [2.75, 3.05) is 13.1 Å². The largest absolute Gasteiger partial charge is 0.352 e. The topological polar surface area (TPSA) is 121 Å². The minimum absolute atomic E-state index is 0.0440. The van der Waals surface area contributed by atoms with Gasteiger partial charge in [-0.15, -0.1) is 0 Å². The summed E-state index contributed by atoms with van der Waals surface area (Å²) in [5.74, 6) is -0.476. The predicted octanol–water partition coefficient (Wildman–Crippen LogP) is 2.42. The lowest BCUT2D eigenvalue weighted by atomic mass is 10.1. The van der Waals surface area contributed by atoms with E-state index in [0.29, 0.717) is 25.9 Å². The highest BCUT2D eigenvalue weighted by atomic mass is 16.6. The molecule has 0 heterocycles. The molecule has 0 aromatic heterocycles. The number of nitrogens with one attached hydrogen (secondary N) is 1. The molecule has 100 valence electrons. The second-order valence-electron chi connectivity index (χ2n) is 3.69. The zero-order valence-corrected chi connectivity index (χ0v) is 10.2. The number of rotatable bonds is 7. The molecule has 0 aliphatic rings. The lowest BCUT2D eigenvalue weighted by molar-refractivity contribution is -0.385. The van der Waals surface area contributed by atoms with Gasteiger partial charge in [-0.05, 0) is 24.4 Å². The van der Waals surface area contributed by atoms with E-state index < -0.39 is 10.8 Å². The van der Waals surface area contributed by atoms with Gasteiger partial charge in [-0.3, -0.25) is 14.9 Å². The maximum absolute atomic E-state index is 11.8. The Morgan fingerprint density at radius 3 is 2.84 bits per heavy atom. The highest BCUT2D eigenvalue weighted by Gasteiger charge is 2.18. The Balaban J connectivity index is 2.50. The zero-order valence-electron chi connectivity index (χ0n) is 10.2. The van der Waals surface area contributed by atoms with Crippen LogP contribution in [0.4, 0.5) is 5.69 Å². The molecule has 0 radical (unpaired) electrons. The molecule has 0 fully saturated rings. The fourth-order valence-electron chi connectivity index (χ4n) is 1.47. The van der Waals surface area contributed by atoms with Crippen LogP contribution in [0.5, 0.6) is 0 Å². The van der Waals surface area contributed by atoms with Crippen LogP contribution in [0.3, 0.4) is 0 Å². The van der Waals surface area contributed by atoms with E-state index in [2.05, 4.69) is 15.3 Å². The molecule has 1 N–H and O–H groups in total. The molecule has 8 heteroatoms. The van der Waals surface area contributed by atoms with Crippen LogP contribution in [0.1, 0.15) is 23.2 Å². The number of nitro benzene ring substituents is 1. The molecule has 1 aromatic rings. The van der Waals surface area contributed by atoms with E-state index in [-0.39, 0.29) is 11.3 Å². The smallest absolute Gasteiger partial charge is 0.282 e. The SMILES string of the molecule is [N-]=[N+]=NCCCCNC(=O)c1ccccc1[N+](=O)[O-]. The first kappa shape index (κ1) is 14.5. The maximum atomic E-state index is 11.8. The van der Waals surface area contributed by atoms with E-state index in [1.54, 1.807) is 6.07 Å². The number of azide groups is 1. The Labute approximate surface area is 109 Å². The van der Waals surface area contributed by atoms with Crippen LogP contribution >= 0.6 is 0 Å². The van der Waals surface area contributed by atoms with Gasteiger partial charge in [0.25, 0.3) is 11.6 Å². The average molecular weight is 263 g/mol. The van der Waals surface area contributed by atoms with Crippen LogP contribution in [0.25, 0.3) is 10.4 Å². The van der Waals surface area contributed by atoms with Crippen molar-refractivity contribution in [2.45, 2.75) is 12.8 Å². The second-order valence-corrected chi connectivity index (χ2v) is 3.69. The number of nitro groups is 1. The number of carbonyl (C=O) groups is 1. The maximum Gasteiger partial charge on any atom is 0.282 e. The lowest BCUT2D eigenvalue weighted by Crippen LogP contribution is -2.25. The molecular formula is C11H13N5O3. The Hall–Kier alpha value is -2.60. The molecular weight excluding hydrogens is 250 g/mol. The first-order valence-corrected chi connectivity index (χ1v) is 5.69. The Kier molecular flexibility index (Phi) is 5.84. The van der Waals surface area contributed by atoms with E-state index >= 15 is 0 Å². The van der Waals surface area contributed by atoms with Gasteiger partial charge in [0, 0.05) is 24.1 Å². The third-order valence-electron chi connectivity index (χ3n) is 2.38. The number of hydrogen-bond donors (Lipinski definition) is 1. The summed E-state index contributed by atoms with van der Waals surface area (Å²) in [7, 11) is 0. The fraction of sp³-hybridized carbons (Fsp3) is 0.364. The summed E-state index contributed by atoms with van der Waals surface area (Å²) in [6, 6.07) is 5.78. The number of unbranched alkanes of at least 4 members (excludes halogenated alkanes) is 1. The van der Waals surface area contributed by atoms with Gasteiger partial charge in [-0.2, -0.15) is 0 Å². The normalized spacial score (nSPS) is 9.47. The molecule has 19 heavy (non-hydrogen) atoms. The molecule has 0 atom stereocenters. The van der Waals surface area contributed by atoms with Gasteiger partial charge < -0.3 is 5.32 Å². The highest BCUT2D eigenvalue weighted by Crippen LogP contribution is 2.17. The van der Waals surface area contributed by atoms with Crippen LogP contribution < -0.4 is 5.32 Å². The van der Waals surface area contributed by atoms with Crippen molar-refractivity contribution in [2.24, 2.45) is 5.11 Å². The van der Waals surface area contributed by atoms with E-state index in [0.717, 1.165) is 0 Å². The minimum atomic E-state index is -0.587. The molecule has 0 aliphatic carbocycles. The molecule has 0 spiro atoms. The van der Waals surface area contributed by atoms with E-state index in [4.69, 9.17) is 5.53 Å². The second kappa shape index (κ2) is 7.67. The Morgan fingerprint density at radius 1 is 1.42 bits per heavy atom. The summed E-state index contributed by atoms with van der Waals surface area (Å²) in [6.07, 6.45) is 1.30. The van der Waals surface area contributed by atoms with Crippen molar-refractivity contribution in [3.8, 4) is 0 Å². The van der Waals surface area contributed by atoms with Crippen molar-refractivity contribution in [1.82, 2.24) is 5.32 Å². The standard InChI is InChI=1S/C11H13N5O3/c12-15-14-8-4-3-7-13-11(17)9-5-1-2-6-10(9)16(18)19/h1-2,5-6H,3-4,7-8H2,(H,13,17). The van der Waals surface area contributed by atoms with Crippen molar-refractivity contribution < 1.29 is 9.72 Å².